The lowest BCUT2D eigenvalue weighted by molar-refractivity contribution is -0.348. The van der Waals surface area contributed by atoms with Crippen LogP contribution in [-0.4, -0.2) is 122 Å². The standard InChI is InChI=1S/C28H39NO18/c1-11(30)29-21-24(41-15(5)34)22(19(9-38-12(2)31)45-27(21)44-18(8)37)47-28-26(43-17(7)36)25(42-16(6)35)23(40-14(4)33)20(46-28)10-39-13(3)32/h19-28H,9-10H2,1-8H3,(H,29,30)/t19-,20-,21+,22+,23-,24-,25+,26+,27+,28+/m0/s1. The molecule has 0 radical (unpaired) electrons. The molecular formula is C28H39NO18. The van der Waals surface area contributed by atoms with E-state index in [4.69, 9.17) is 47.4 Å². The van der Waals surface area contributed by atoms with Gasteiger partial charge in [0.15, 0.2) is 30.7 Å². The minimum atomic E-state index is -1.80. The number of carbonyl (C=O) groups is 8. The van der Waals surface area contributed by atoms with Gasteiger partial charge in [-0.2, -0.15) is 0 Å². The summed E-state index contributed by atoms with van der Waals surface area (Å²) >= 11 is 0. The second-order valence-electron chi connectivity index (χ2n) is 10.4. The Balaban J connectivity index is 2.73. The van der Waals surface area contributed by atoms with E-state index >= 15 is 0 Å². The van der Waals surface area contributed by atoms with Crippen LogP contribution in [-0.2, 0) is 85.7 Å². The lowest BCUT2D eigenvalue weighted by atomic mass is 9.94. The van der Waals surface area contributed by atoms with Crippen molar-refractivity contribution >= 4 is 47.7 Å². The quantitative estimate of drug-likeness (QED) is 0.187. The zero-order chi connectivity index (χ0) is 35.6. The summed E-state index contributed by atoms with van der Waals surface area (Å²) in [6.45, 7) is 7.30. The van der Waals surface area contributed by atoms with E-state index in [0.717, 1.165) is 55.4 Å². The van der Waals surface area contributed by atoms with Gasteiger partial charge in [0.25, 0.3) is 0 Å². The SMILES string of the molecule is CC(=O)N[C@H]1[C@H](OC(C)=O)O[C@@H](COC(C)=O)[C@@H](O[C@H]2O[C@@H](COC(C)=O)[C@H](OC(C)=O)[C@@H](OC(C)=O)[C@H]2OC(C)=O)[C@H]1OC(C)=O. The molecule has 1 amide bonds. The molecule has 0 aromatic rings. The van der Waals surface area contributed by atoms with Crippen molar-refractivity contribution in [2.45, 2.75) is 117 Å². The van der Waals surface area contributed by atoms with Gasteiger partial charge in [-0.3, -0.25) is 38.4 Å². The van der Waals surface area contributed by atoms with Crippen molar-refractivity contribution in [1.29, 1.82) is 0 Å². The van der Waals surface area contributed by atoms with Gasteiger partial charge in [-0.15, -0.1) is 0 Å². The number of hydrogen-bond donors (Lipinski definition) is 1. The molecule has 0 aliphatic carbocycles. The second kappa shape index (κ2) is 17.5. The summed E-state index contributed by atoms with van der Waals surface area (Å²) in [5, 5.41) is 2.48. The first-order valence-electron chi connectivity index (χ1n) is 14.3. The Hall–Kier alpha value is -4.36. The van der Waals surface area contributed by atoms with Crippen LogP contribution in [0.4, 0.5) is 0 Å². The van der Waals surface area contributed by atoms with Crippen LogP contribution in [0.5, 0.6) is 0 Å². The fraction of sp³-hybridized carbons (Fsp3) is 0.714. The van der Waals surface area contributed by atoms with Crippen LogP contribution in [0.1, 0.15) is 55.4 Å². The molecular weight excluding hydrogens is 638 g/mol. The largest absolute Gasteiger partial charge is 0.463 e. The third-order valence-electron chi connectivity index (χ3n) is 6.29. The lowest BCUT2D eigenvalue weighted by Crippen LogP contribution is -2.69. The zero-order valence-electron chi connectivity index (χ0n) is 27.0. The number of rotatable bonds is 12. The maximum Gasteiger partial charge on any atom is 0.305 e. The summed E-state index contributed by atoms with van der Waals surface area (Å²) in [5.41, 5.74) is 0. The molecule has 0 aromatic heterocycles. The van der Waals surface area contributed by atoms with E-state index < -0.39 is 122 Å². The van der Waals surface area contributed by atoms with E-state index in [1.807, 2.05) is 0 Å². The summed E-state index contributed by atoms with van der Waals surface area (Å²) in [6.07, 6.45) is -14.2. The maximum atomic E-state index is 12.3. The molecule has 0 spiro atoms. The van der Waals surface area contributed by atoms with Gasteiger partial charge in [0.2, 0.25) is 12.2 Å². The minimum absolute atomic E-state index is 0.577. The second-order valence-corrected chi connectivity index (χ2v) is 10.4. The molecule has 0 saturated carbocycles. The summed E-state index contributed by atoms with van der Waals surface area (Å²) in [7, 11) is 0. The van der Waals surface area contributed by atoms with E-state index in [1.54, 1.807) is 0 Å². The average molecular weight is 678 g/mol. The Morgan fingerprint density at radius 3 is 1.32 bits per heavy atom. The lowest BCUT2D eigenvalue weighted by Gasteiger charge is -2.48. The molecule has 0 unspecified atom stereocenters. The summed E-state index contributed by atoms with van der Waals surface area (Å²) < 4.78 is 55.2. The van der Waals surface area contributed by atoms with Gasteiger partial charge in [0, 0.05) is 55.4 Å². The number of hydrogen-bond acceptors (Lipinski definition) is 18. The first-order chi connectivity index (χ1) is 21.9. The maximum absolute atomic E-state index is 12.3. The molecule has 2 fully saturated rings. The predicted octanol–water partition coefficient (Wildman–Crippen LogP) is -1.26. The third-order valence-corrected chi connectivity index (χ3v) is 6.29. The number of nitrogens with one attached hydrogen (secondary N) is 1. The molecule has 1 N–H and O–H groups in total. The van der Waals surface area contributed by atoms with E-state index in [1.165, 1.54) is 0 Å². The van der Waals surface area contributed by atoms with Crippen LogP contribution in [0, 0.1) is 0 Å². The van der Waals surface area contributed by atoms with E-state index in [2.05, 4.69) is 5.32 Å². The normalized spacial score (nSPS) is 30.0. The van der Waals surface area contributed by atoms with Crippen molar-refractivity contribution in [3.05, 3.63) is 0 Å². The van der Waals surface area contributed by atoms with Gasteiger partial charge in [0.1, 0.15) is 37.6 Å². The van der Waals surface area contributed by atoms with Crippen molar-refractivity contribution in [3.8, 4) is 0 Å². The van der Waals surface area contributed by atoms with E-state index in [0.29, 0.717) is 0 Å². The summed E-state index contributed by atoms with van der Waals surface area (Å²) in [5.74, 6) is -6.64. The fourth-order valence-electron chi connectivity index (χ4n) is 4.84. The van der Waals surface area contributed by atoms with Gasteiger partial charge in [-0.25, -0.2) is 0 Å². The van der Waals surface area contributed by atoms with Gasteiger partial charge in [0.05, 0.1) is 0 Å². The third kappa shape index (κ3) is 12.1. The molecule has 47 heavy (non-hydrogen) atoms. The highest BCUT2D eigenvalue weighted by molar-refractivity contribution is 5.74. The van der Waals surface area contributed by atoms with Crippen LogP contribution < -0.4 is 5.32 Å². The number of ether oxygens (including phenoxy) is 10. The van der Waals surface area contributed by atoms with E-state index in [9.17, 15) is 38.4 Å². The number of carbonyl (C=O) groups excluding carboxylic acids is 8. The first-order valence-corrected chi connectivity index (χ1v) is 14.3. The molecule has 2 rings (SSSR count). The molecule has 0 aromatic carbocycles. The molecule has 2 saturated heterocycles. The Morgan fingerprint density at radius 1 is 0.468 bits per heavy atom. The van der Waals surface area contributed by atoms with Gasteiger partial charge < -0.3 is 52.7 Å². The Kier molecular flexibility index (Phi) is 14.5. The summed E-state index contributed by atoms with van der Waals surface area (Å²) in [6, 6.07) is -1.43. The molecule has 0 bridgehead atoms. The van der Waals surface area contributed by atoms with Crippen molar-refractivity contribution in [2.24, 2.45) is 0 Å². The van der Waals surface area contributed by atoms with Gasteiger partial charge >= 0.3 is 41.8 Å². The zero-order valence-corrected chi connectivity index (χ0v) is 27.0. The van der Waals surface area contributed by atoms with Crippen molar-refractivity contribution in [2.75, 3.05) is 13.2 Å². The molecule has 264 valence electrons. The number of esters is 7. The fourth-order valence-corrected chi connectivity index (χ4v) is 4.84. The molecule has 19 heteroatoms. The van der Waals surface area contributed by atoms with Gasteiger partial charge in [-0.1, -0.05) is 0 Å². The van der Waals surface area contributed by atoms with Crippen molar-refractivity contribution in [1.82, 2.24) is 5.32 Å². The predicted molar refractivity (Wildman–Crippen MR) is 147 cm³/mol. The van der Waals surface area contributed by atoms with Crippen LogP contribution >= 0.6 is 0 Å². The van der Waals surface area contributed by atoms with Crippen LogP contribution in [0.3, 0.4) is 0 Å². The monoisotopic (exact) mass is 677 g/mol. The molecule has 2 heterocycles. The minimum Gasteiger partial charge on any atom is -0.463 e. The Bertz CT molecular complexity index is 1200. The molecule has 2 aliphatic heterocycles. The van der Waals surface area contributed by atoms with Crippen molar-refractivity contribution in [3.63, 3.8) is 0 Å². The average Bonchev–Trinajstić information content (AvgIpc) is 2.91. The molecule has 10 atom stereocenters. The topological polar surface area (TPSA) is 241 Å². The van der Waals surface area contributed by atoms with Crippen molar-refractivity contribution < 1.29 is 85.7 Å². The Labute approximate surface area is 269 Å². The van der Waals surface area contributed by atoms with Crippen LogP contribution in [0.2, 0.25) is 0 Å². The smallest absolute Gasteiger partial charge is 0.305 e. The van der Waals surface area contributed by atoms with Crippen LogP contribution in [0.25, 0.3) is 0 Å². The van der Waals surface area contributed by atoms with E-state index in [-0.39, 0.29) is 0 Å². The number of amides is 1. The molecule has 2 aliphatic rings. The highest BCUT2D eigenvalue weighted by Gasteiger charge is 2.57. The summed E-state index contributed by atoms with van der Waals surface area (Å²) in [4.78, 5) is 96.5. The molecule has 19 nitrogen and oxygen atoms in total. The highest BCUT2D eigenvalue weighted by atomic mass is 16.8. The highest BCUT2D eigenvalue weighted by Crippen LogP contribution is 2.34. The van der Waals surface area contributed by atoms with Crippen LogP contribution in [0.15, 0.2) is 0 Å². The Morgan fingerprint density at radius 2 is 0.872 bits per heavy atom. The first kappa shape index (κ1) is 38.8. The van der Waals surface area contributed by atoms with Gasteiger partial charge in [-0.05, 0) is 0 Å².